The van der Waals surface area contributed by atoms with Crippen LogP contribution in [0.3, 0.4) is 0 Å². The SMILES string of the molecule is CCCC1(C(=O)OC)SCCN1C(=O)Nc1cc(Cl)cc(Cl)c1. The van der Waals surface area contributed by atoms with Crippen LogP contribution >= 0.6 is 35.0 Å². The largest absolute Gasteiger partial charge is 0.467 e. The number of hydrogen-bond donors (Lipinski definition) is 1. The second-order valence-electron chi connectivity index (χ2n) is 5.11. The summed E-state index contributed by atoms with van der Waals surface area (Å²) in [6, 6.07) is 4.43. The van der Waals surface area contributed by atoms with Crippen molar-refractivity contribution in [3.8, 4) is 0 Å². The van der Waals surface area contributed by atoms with E-state index in [0.717, 1.165) is 6.42 Å². The molecule has 0 aromatic heterocycles. The van der Waals surface area contributed by atoms with Crippen molar-refractivity contribution < 1.29 is 14.3 Å². The van der Waals surface area contributed by atoms with Gasteiger partial charge in [-0.3, -0.25) is 4.90 Å². The summed E-state index contributed by atoms with van der Waals surface area (Å²) in [6.45, 7) is 2.44. The highest BCUT2D eigenvalue weighted by atomic mass is 35.5. The lowest BCUT2D eigenvalue weighted by atomic mass is 10.1. The number of amides is 2. The summed E-state index contributed by atoms with van der Waals surface area (Å²) in [4.78, 5) is 25.5. The van der Waals surface area contributed by atoms with Crippen molar-refractivity contribution in [2.45, 2.75) is 24.6 Å². The van der Waals surface area contributed by atoms with Gasteiger partial charge in [0.15, 0.2) is 4.87 Å². The second kappa shape index (κ2) is 7.64. The molecule has 1 saturated heterocycles. The standard InChI is InChI=1S/C15H18Cl2N2O3S/c1-3-4-15(13(20)22-2)19(5-6-23-15)14(21)18-12-8-10(16)7-11(17)9-12/h7-9H,3-6H2,1-2H3,(H,18,21). The summed E-state index contributed by atoms with van der Waals surface area (Å²) in [5.41, 5.74) is 0.486. The fraction of sp³-hybridized carbons (Fsp3) is 0.467. The number of esters is 1. The monoisotopic (exact) mass is 376 g/mol. The zero-order valence-electron chi connectivity index (χ0n) is 12.9. The van der Waals surface area contributed by atoms with Gasteiger partial charge in [-0.15, -0.1) is 11.8 Å². The Morgan fingerprint density at radius 2 is 2.00 bits per heavy atom. The smallest absolute Gasteiger partial charge is 0.342 e. The Kier molecular flexibility index (Phi) is 6.06. The van der Waals surface area contributed by atoms with Crippen LogP contribution in [0.2, 0.25) is 10.0 Å². The van der Waals surface area contributed by atoms with Crippen molar-refractivity contribution in [1.29, 1.82) is 0 Å². The van der Waals surface area contributed by atoms with Gasteiger partial charge in [0.25, 0.3) is 0 Å². The van der Waals surface area contributed by atoms with Crippen LogP contribution in [0.1, 0.15) is 19.8 Å². The van der Waals surface area contributed by atoms with E-state index in [1.54, 1.807) is 18.2 Å². The minimum atomic E-state index is -0.976. The fourth-order valence-corrected chi connectivity index (χ4v) is 4.64. The normalized spacial score (nSPS) is 20.4. The molecule has 8 heteroatoms. The summed E-state index contributed by atoms with van der Waals surface area (Å²) < 4.78 is 4.94. The number of urea groups is 1. The molecular weight excluding hydrogens is 359 g/mol. The number of carbonyl (C=O) groups is 2. The van der Waals surface area contributed by atoms with E-state index in [-0.39, 0.29) is 6.03 Å². The predicted octanol–water partition coefficient (Wildman–Crippen LogP) is 4.24. The third kappa shape index (κ3) is 3.87. The van der Waals surface area contributed by atoms with Gasteiger partial charge in [-0.2, -0.15) is 0 Å². The Bertz CT molecular complexity index is 594. The maximum Gasteiger partial charge on any atom is 0.342 e. The zero-order chi connectivity index (χ0) is 17.0. The minimum Gasteiger partial charge on any atom is -0.467 e. The Morgan fingerprint density at radius 3 is 2.57 bits per heavy atom. The molecule has 1 aromatic carbocycles. The van der Waals surface area contributed by atoms with Gasteiger partial charge in [0.05, 0.1) is 7.11 Å². The summed E-state index contributed by atoms with van der Waals surface area (Å²) in [6.07, 6.45) is 1.29. The van der Waals surface area contributed by atoms with E-state index in [4.69, 9.17) is 27.9 Å². The summed E-state index contributed by atoms with van der Waals surface area (Å²) >= 11 is 13.3. The number of anilines is 1. The molecule has 0 spiro atoms. The Balaban J connectivity index is 2.24. The number of ether oxygens (including phenoxy) is 1. The highest BCUT2D eigenvalue weighted by Crippen LogP contribution is 2.41. The fourth-order valence-electron chi connectivity index (χ4n) is 2.62. The minimum absolute atomic E-state index is 0.368. The summed E-state index contributed by atoms with van der Waals surface area (Å²) in [5.74, 6) is 0.278. The number of nitrogens with zero attached hydrogens (tertiary/aromatic N) is 1. The summed E-state index contributed by atoms with van der Waals surface area (Å²) in [5, 5.41) is 3.61. The molecule has 1 fully saturated rings. The molecule has 0 bridgehead atoms. The highest BCUT2D eigenvalue weighted by molar-refractivity contribution is 8.01. The topological polar surface area (TPSA) is 58.6 Å². The lowest BCUT2D eigenvalue weighted by Gasteiger charge is -2.34. The van der Waals surface area contributed by atoms with Crippen molar-refractivity contribution in [3.05, 3.63) is 28.2 Å². The van der Waals surface area contributed by atoms with Crippen LogP contribution in [-0.4, -0.2) is 41.2 Å². The first kappa shape index (κ1) is 18.2. The number of benzene rings is 1. The van der Waals surface area contributed by atoms with Gasteiger partial charge in [-0.05, 0) is 24.6 Å². The van der Waals surface area contributed by atoms with E-state index in [2.05, 4.69) is 5.32 Å². The van der Waals surface area contributed by atoms with Crippen molar-refractivity contribution >= 4 is 52.7 Å². The van der Waals surface area contributed by atoms with Crippen molar-refractivity contribution in [3.63, 3.8) is 0 Å². The van der Waals surface area contributed by atoms with Crippen molar-refractivity contribution in [2.24, 2.45) is 0 Å². The Hall–Kier alpha value is -1.11. The van der Waals surface area contributed by atoms with Gasteiger partial charge in [0.2, 0.25) is 0 Å². The molecule has 1 unspecified atom stereocenters. The van der Waals surface area contributed by atoms with Gasteiger partial charge >= 0.3 is 12.0 Å². The number of nitrogens with one attached hydrogen (secondary N) is 1. The first-order valence-electron chi connectivity index (χ1n) is 7.20. The van der Waals surface area contributed by atoms with E-state index >= 15 is 0 Å². The van der Waals surface area contributed by atoms with Gasteiger partial charge in [0, 0.05) is 28.0 Å². The first-order valence-corrected chi connectivity index (χ1v) is 8.94. The van der Waals surface area contributed by atoms with Crippen LogP contribution in [-0.2, 0) is 9.53 Å². The molecule has 1 aromatic rings. The van der Waals surface area contributed by atoms with Crippen LogP contribution < -0.4 is 5.32 Å². The number of carbonyl (C=O) groups excluding carboxylic acids is 2. The second-order valence-corrected chi connectivity index (χ2v) is 7.36. The number of rotatable bonds is 4. The molecule has 0 radical (unpaired) electrons. The quantitative estimate of drug-likeness (QED) is 0.798. The van der Waals surface area contributed by atoms with Gasteiger partial charge < -0.3 is 10.1 Å². The molecule has 1 heterocycles. The first-order chi connectivity index (χ1) is 10.9. The molecule has 2 amide bonds. The Morgan fingerprint density at radius 1 is 1.35 bits per heavy atom. The molecule has 1 N–H and O–H groups in total. The molecule has 0 saturated carbocycles. The predicted molar refractivity (Wildman–Crippen MR) is 94.3 cm³/mol. The van der Waals surface area contributed by atoms with E-state index < -0.39 is 10.8 Å². The lowest BCUT2D eigenvalue weighted by Crippen LogP contribution is -2.53. The molecular formula is C15H18Cl2N2O3S. The third-order valence-corrected chi connectivity index (χ3v) is 5.44. The van der Waals surface area contributed by atoms with Crippen LogP contribution in [0, 0.1) is 0 Å². The lowest BCUT2D eigenvalue weighted by molar-refractivity contribution is -0.147. The average molecular weight is 377 g/mol. The van der Waals surface area contributed by atoms with Crippen LogP contribution in [0.15, 0.2) is 18.2 Å². The molecule has 1 atom stereocenters. The van der Waals surface area contributed by atoms with Gasteiger partial charge in [-0.25, -0.2) is 9.59 Å². The molecule has 1 aliphatic heterocycles. The number of methoxy groups -OCH3 is 1. The Labute approximate surface area is 149 Å². The maximum atomic E-state index is 12.7. The van der Waals surface area contributed by atoms with E-state index in [9.17, 15) is 9.59 Å². The highest BCUT2D eigenvalue weighted by Gasteiger charge is 2.51. The van der Waals surface area contributed by atoms with E-state index in [1.165, 1.54) is 23.8 Å². The molecule has 126 valence electrons. The zero-order valence-corrected chi connectivity index (χ0v) is 15.2. The number of halogens is 2. The van der Waals surface area contributed by atoms with Crippen LogP contribution in [0.5, 0.6) is 0 Å². The molecule has 1 aliphatic rings. The number of thioether (sulfide) groups is 1. The van der Waals surface area contributed by atoms with E-state index in [1.807, 2.05) is 6.92 Å². The number of hydrogen-bond acceptors (Lipinski definition) is 4. The van der Waals surface area contributed by atoms with Crippen molar-refractivity contribution in [1.82, 2.24) is 4.90 Å². The molecule has 0 aliphatic carbocycles. The molecule has 23 heavy (non-hydrogen) atoms. The third-order valence-electron chi connectivity index (χ3n) is 3.54. The average Bonchev–Trinajstić information content (AvgIpc) is 2.90. The maximum absolute atomic E-state index is 12.7. The van der Waals surface area contributed by atoms with Gasteiger partial charge in [-0.1, -0.05) is 36.5 Å². The molecule has 5 nitrogen and oxygen atoms in total. The summed E-state index contributed by atoms with van der Waals surface area (Å²) in [7, 11) is 1.34. The van der Waals surface area contributed by atoms with Crippen LogP contribution in [0.25, 0.3) is 0 Å². The molecule has 2 rings (SSSR count). The van der Waals surface area contributed by atoms with Gasteiger partial charge in [0.1, 0.15) is 0 Å². The van der Waals surface area contributed by atoms with Crippen molar-refractivity contribution in [2.75, 3.05) is 24.7 Å². The van der Waals surface area contributed by atoms with E-state index in [0.29, 0.717) is 34.5 Å². The van der Waals surface area contributed by atoms with Crippen LogP contribution in [0.4, 0.5) is 10.5 Å².